The van der Waals surface area contributed by atoms with Crippen molar-refractivity contribution in [3.63, 3.8) is 0 Å². The molecule has 0 radical (unpaired) electrons. The Labute approximate surface area is 55.8 Å². The lowest BCUT2D eigenvalue weighted by atomic mass is 10.6. The lowest BCUT2D eigenvalue weighted by Crippen LogP contribution is -2.02. The number of hydrogen-bond acceptors (Lipinski definition) is 1. The molecule has 0 bridgehead atoms. The van der Waals surface area contributed by atoms with E-state index < -0.39 is 0 Å². The van der Waals surface area contributed by atoms with E-state index in [9.17, 15) is 0 Å². The summed E-state index contributed by atoms with van der Waals surface area (Å²) in [5.74, 6) is 0. The molecule has 0 amide bonds. The number of rotatable bonds is 2. The molecule has 0 atom stereocenters. The fraction of sp³-hybridized carbons (Fsp3) is 0.500. The number of likely N-dealkylation sites (N-methyl/N-ethyl adjacent to an activating group) is 1. The Morgan fingerprint density at radius 3 is 2.33 bits per heavy atom. The van der Waals surface area contributed by atoms with Crippen molar-refractivity contribution < 1.29 is 0 Å². The highest BCUT2D eigenvalue weighted by Gasteiger charge is 1.56. The van der Waals surface area contributed by atoms with Crippen LogP contribution in [0.25, 0.3) is 0 Å². The van der Waals surface area contributed by atoms with E-state index in [1.54, 1.807) is 0 Å². The molecule has 0 aliphatic heterocycles. The average Bonchev–Trinajstić information content (AvgIpc) is 1.41. The first-order valence-electron chi connectivity index (χ1n) is 1.67. The Hall–Kier alpha value is 0.430. The average molecular weight is 199 g/mol. The summed E-state index contributed by atoms with van der Waals surface area (Å²) in [6.45, 7) is 4.39. The van der Waals surface area contributed by atoms with Gasteiger partial charge in [0, 0.05) is 6.54 Å². The zero-order chi connectivity index (χ0) is 4.12. The van der Waals surface area contributed by atoms with E-state index in [4.69, 9.17) is 0 Å². The van der Waals surface area contributed by atoms with Crippen LogP contribution < -0.4 is 5.32 Å². The lowest BCUT2D eigenvalue weighted by Gasteiger charge is -1.79. The Bertz CT molecular complexity index is 28.7. The second-order valence-electron chi connectivity index (χ2n) is 0.846. The number of hydrogen-bond donors (Lipinski definition) is 1. The van der Waals surface area contributed by atoms with Crippen LogP contribution in [0.1, 0.15) is 0 Å². The molecule has 0 aromatic carbocycles. The number of halogens is 1. The molecule has 2 heteroatoms. The summed E-state index contributed by atoms with van der Waals surface area (Å²) in [5.41, 5.74) is 0. The SMILES string of the molecule is C=CCNC.I. The van der Waals surface area contributed by atoms with Gasteiger partial charge in [-0.05, 0) is 7.05 Å². The minimum Gasteiger partial charge on any atom is -0.316 e. The van der Waals surface area contributed by atoms with Crippen LogP contribution in [0.2, 0.25) is 0 Å². The molecule has 0 aromatic rings. The molecule has 0 saturated carbocycles. The zero-order valence-corrected chi connectivity index (χ0v) is 6.23. The highest BCUT2D eigenvalue weighted by Crippen LogP contribution is 1.48. The Morgan fingerprint density at radius 1 is 1.83 bits per heavy atom. The first-order valence-corrected chi connectivity index (χ1v) is 1.67. The maximum absolute atomic E-state index is 3.49. The van der Waals surface area contributed by atoms with Crippen molar-refractivity contribution in [2.75, 3.05) is 13.6 Å². The van der Waals surface area contributed by atoms with Gasteiger partial charge in [0.1, 0.15) is 0 Å². The summed E-state index contributed by atoms with van der Waals surface area (Å²) < 4.78 is 0. The summed E-state index contributed by atoms with van der Waals surface area (Å²) in [6, 6.07) is 0. The molecule has 0 aliphatic rings. The van der Waals surface area contributed by atoms with Gasteiger partial charge < -0.3 is 5.32 Å². The van der Waals surface area contributed by atoms with Crippen LogP contribution >= 0.6 is 24.0 Å². The van der Waals surface area contributed by atoms with Gasteiger partial charge in [-0.2, -0.15) is 0 Å². The molecular weight excluding hydrogens is 189 g/mol. The fourth-order valence-corrected chi connectivity index (χ4v) is 0.144. The van der Waals surface area contributed by atoms with Gasteiger partial charge in [-0.25, -0.2) is 0 Å². The minimum absolute atomic E-state index is 0. The molecule has 1 N–H and O–H groups in total. The van der Waals surface area contributed by atoms with Crippen molar-refractivity contribution >= 4 is 24.0 Å². The van der Waals surface area contributed by atoms with Gasteiger partial charge in [0.15, 0.2) is 0 Å². The molecule has 0 saturated heterocycles. The highest BCUT2D eigenvalue weighted by atomic mass is 127. The maximum Gasteiger partial charge on any atom is 0.0129 e. The first-order chi connectivity index (χ1) is 2.41. The van der Waals surface area contributed by atoms with Crippen LogP contribution in [0.3, 0.4) is 0 Å². The largest absolute Gasteiger partial charge is 0.316 e. The van der Waals surface area contributed by atoms with Crippen molar-refractivity contribution in [2.24, 2.45) is 0 Å². The van der Waals surface area contributed by atoms with E-state index >= 15 is 0 Å². The van der Waals surface area contributed by atoms with Gasteiger partial charge in [-0.1, -0.05) is 6.08 Å². The summed E-state index contributed by atoms with van der Waals surface area (Å²) in [7, 11) is 1.89. The quantitative estimate of drug-likeness (QED) is 0.517. The molecule has 0 spiro atoms. The Balaban J connectivity index is 0. The molecule has 0 fully saturated rings. The molecule has 0 aromatic heterocycles. The smallest absolute Gasteiger partial charge is 0.0129 e. The van der Waals surface area contributed by atoms with Gasteiger partial charge in [0.25, 0.3) is 0 Å². The van der Waals surface area contributed by atoms with Gasteiger partial charge >= 0.3 is 0 Å². The van der Waals surface area contributed by atoms with E-state index in [-0.39, 0.29) is 24.0 Å². The third-order valence-corrected chi connectivity index (χ3v) is 0.348. The van der Waals surface area contributed by atoms with Crippen molar-refractivity contribution in [1.82, 2.24) is 5.32 Å². The fourth-order valence-electron chi connectivity index (χ4n) is 0.144. The predicted octanol–water partition coefficient (Wildman–Crippen LogP) is 1.01. The molecule has 6 heavy (non-hydrogen) atoms. The van der Waals surface area contributed by atoms with Gasteiger partial charge in [-0.15, -0.1) is 30.6 Å². The summed E-state index contributed by atoms with van der Waals surface area (Å²) >= 11 is 0. The van der Waals surface area contributed by atoms with Crippen LogP contribution in [0.5, 0.6) is 0 Å². The second kappa shape index (κ2) is 9.06. The Morgan fingerprint density at radius 2 is 2.33 bits per heavy atom. The standard InChI is InChI=1S/C4H9N.HI/c1-3-4-5-2;/h3,5H,1,4H2,2H3;1H. The van der Waals surface area contributed by atoms with Gasteiger partial charge in [0.05, 0.1) is 0 Å². The molecule has 0 heterocycles. The maximum atomic E-state index is 3.49. The van der Waals surface area contributed by atoms with E-state index in [1.807, 2.05) is 13.1 Å². The van der Waals surface area contributed by atoms with Crippen molar-refractivity contribution in [1.29, 1.82) is 0 Å². The van der Waals surface area contributed by atoms with Gasteiger partial charge in [0.2, 0.25) is 0 Å². The summed E-state index contributed by atoms with van der Waals surface area (Å²) in [5, 5.41) is 2.90. The monoisotopic (exact) mass is 199 g/mol. The zero-order valence-electron chi connectivity index (χ0n) is 3.90. The first kappa shape index (κ1) is 9.66. The molecule has 0 aliphatic carbocycles. The van der Waals surface area contributed by atoms with E-state index in [0.717, 1.165) is 6.54 Å². The van der Waals surface area contributed by atoms with Crippen molar-refractivity contribution in [3.8, 4) is 0 Å². The van der Waals surface area contributed by atoms with Crippen LogP contribution in [0, 0.1) is 0 Å². The molecule has 1 nitrogen and oxygen atoms in total. The second-order valence-corrected chi connectivity index (χ2v) is 0.846. The third kappa shape index (κ3) is 8.83. The highest BCUT2D eigenvalue weighted by molar-refractivity contribution is 14.0. The third-order valence-electron chi connectivity index (χ3n) is 0.348. The van der Waals surface area contributed by atoms with E-state index in [0.29, 0.717) is 0 Å². The molecule has 38 valence electrons. The van der Waals surface area contributed by atoms with Crippen LogP contribution in [-0.2, 0) is 0 Å². The van der Waals surface area contributed by atoms with E-state index in [2.05, 4.69) is 11.9 Å². The topological polar surface area (TPSA) is 12.0 Å². The predicted molar refractivity (Wildman–Crippen MR) is 39.5 cm³/mol. The van der Waals surface area contributed by atoms with Crippen molar-refractivity contribution in [3.05, 3.63) is 12.7 Å². The van der Waals surface area contributed by atoms with Crippen LogP contribution in [0.4, 0.5) is 0 Å². The number of nitrogens with one attached hydrogen (secondary N) is 1. The molecule has 0 rings (SSSR count). The van der Waals surface area contributed by atoms with Crippen molar-refractivity contribution in [2.45, 2.75) is 0 Å². The summed E-state index contributed by atoms with van der Waals surface area (Å²) in [6.07, 6.45) is 1.82. The molecule has 0 unspecified atom stereocenters. The van der Waals surface area contributed by atoms with Crippen LogP contribution in [-0.4, -0.2) is 13.6 Å². The van der Waals surface area contributed by atoms with Gasteiger partial charge in [-0.3, -0.25) is 0 Å². The Kier molecular flexibility index (Phi) is 14.6. The van der Waals surface area contributed by atoms with Crippen LogP contribution in [0.15, 0.2) is 12.7 Å². The summed E-state index contributed by atoms with van der Waals surface area (Å²) in [4.78, 5) is 0. The lowest BCUT2D eigenvalue weighted by molar-refractivity contribution is 0.921. The van der Waals surface area contributed by atoms with E-state index in [1.165, 1.54) is 0 Å². The normalized spacial score (nSPS) is 6.17. The molecular formula is C4H10IN. The minimum atomic E-state index is 0.